The Morgan fingerprint density at radius 3 is 2.83 bits per heavy atom. The molecule has 1 saturated carbocycles. The van der Waals surface area contributed by atoms with E-state index in [2.05, 4.69) is 15.2 Å². The van der Waals surface area contributed by atoms with E-state index in [9.17, 15) is 9.18 Å². The second kappa shape index (κ2) is 5.14. The molecule has 0 bridgehead atoms. The van der Waals surface area contributed by atoms with Crippen molar-refractivity contribution in [1.29, 1.82) is 0 Å². The van der Waals surface area contributed by atoms with Crippen molar-refractivity contribution in [3.63, 3.8) is 0 Å². The van der Waals surface area contributed by atoms with Crippen molar-refractivity contribution in [3.8, 4) is 5.82 Å². The largest absolute Gasteiger partial charge is 0.321 e. The van der Waals surface area contributed by atoms with Gasteiger partial charge < -0.3 is 5.73 Å². The van der Waals surface area contributed by atoms with Crippen LogP contribution >= 0.6 is 11.6 Å². The third-order valence-electron chi connectivity index (χ3n) is 4.09. The molecule has 1 aliphatic rings. The van der Waals surface area contributed by atoms with Gasteiger partial charge >= 0.3 is 0 Å². The summed E-state index contributed by atoms with van der Waals surface area (Å²) in [5, 5.41) is 6.72. The number of nitrogens with two attached hydrogens (primary N) is 1. The molecule has 1 aromatic carbocycles. The van der Waals surface area contributed by atoms with E-state index in [0.717, 1.165) is 18.9 Å². The predicted molar refractivity (Wildman–Crippen MR) is 84.1 cm³/mol. The lowest BCUT2D eigenvalue weighted by Gasteiger charge is -2.17. The Kier molecular flexibility index (Phi) is 3.21. The molecule has 0 unspecified atom stereocenters. The maximum atomic E-state index is 14.2. The quantitative estimate of drug-likeness (QED) is 0.769. The van der Waals surface area contributed by atoms with Gasteiger partial charge in [-0.15, -0.1) is 0 Å². The van der Waals surface area contributed by atoms with Crippen LogP contribution in [0.3, 0.4) is 0 Å². The van der Waals surface area contributed by atoms with Crippen LogP contribution in [0.25, 0.3) is 16.7 Å². The Morgan fingerprint density at radius 2 is 2.17 bits per heavy atom. The van der Waals surface area contributed by atoms with Crippen molar-refractivity contribution in [2.45, 2.75) is 18.9 Å². The molecule has 8 heteroatoms. The summed E-state index contributed by atoms with van der Waals surface area (Å²) >= 11 is 6.11. The molecule has 0 radical (unpaired) electrons. The molecule has 4 rings (SSSR count). The fourth-order valence-electron chi connectivity index (χ4n) is 2.72. The highest BCUT2D eigenvalue weighted by atomic mass is 35.5. The fourth-order valence-corrected chi connectivity index (χ4v) is 2.92. The molecule has 118 valence electrons. The number of aromatic nitrogens is 4. The molecule has 1 aliphatic carbocycles. The van der Waals surface area contributed by atoms with Gasteiger partial charge in [-0.25, -0.2) is 13.9 Å². The number of fused-ring (bicyclic) bond motifs is 1. The Balaban J connectivity index is 2.11. The second-order valence-electron chi connectivity index (χ2n) is 5.66. The van der Waals surface area contributed by atoms with Crippen LogP contribution < -0.4 is 11.3 Å². The van der Waals surface area contributed by atoms with E-state index in [1.165, 1.54) is 10.6 Å². The molecule has 0 spiro atoms. The zero-order valence-corrected chi connectivity index (χ0v) is 12.7. The van der Waals surface area contributed by atoms with Crippen molar-refractivity contribution >= 4 is 22.5 Å². The maximum Gasteiger partial charge on any atom is 0.270 e. The second-order valence-corrected chi connectivity index (χ2v) is 6.07. The van der Waals surface area contributed by atoms with E-state index in [0.29, 0.717) is 11.6 Å². The van der Waals surface area contributed by atoms with Gasteiger partial charge in [0.15, 0.2) is 5.82 Å². The monoisotopic (exact) mass is 333 g/mol. The summed E-state index contributed by atoms with van der Waals surface area (Å²) in [6.07, 6.45) is 3.53. The van der Waals surface area contributed by atoms with Crippen molar-refractivity contribution < 1.29 is 4.39 Å². The molecule has 3 N–H and O–H groups in total. The van der Waals surface area contributed by atoms with Crippen LogP contribution in [0.4, 0.5) is 4.39 Å². The van der Waals surface area contributed by atoms with Crippen LogP contribution in [0.2, 0.25) is 5.02 Å². The maximum absolute atomic E-state index is 14.2. The molecule has 2 heterocycles. The van der Waals surface area contributed by atoms with Gasteiger partial charge in [-0.3, -0.25) is 9.89 Å². The summed E-state index contributed by atoms with van der Waals surface area (Å²) < 4.78 is 15.4. The highest BCUT2D eigenvalue weighted by Gasteiger charge is 2.34. The Bertz CT molecular complexity index is 949. The smallest absolute Gasteiger partial charge is 0.270 e. The Morgan fingerprint density at radius 1 is 1.39 bits per heavy atom. The molecule has 0 aliphatic heterocycles. The topological polar surface area (TPSA) is 89.6 Å². The molecule has 1 fully saturated rings. The van der Waals surface area contributed by atoms with E-state index in [4.69, 9.17) is 17.3 Å². The number of H-pyrrole nitrogens is 1. The molecular formula is C15H13ClFN5O. The lowest BCUT2D eigenvalue weighted by Crippen LogP contribution is -2.30. The van der Waals surface area contributed by atoms with Crippen LogP contribution in [0.5, 0.6) is 0 Å². The number of nitrogens with one attached hydrogen (secondary N) is 1. The minimum Gasteiger partial charge on any atom is -0.321 e. The van der Waals surface area contributed by atoms with Crippen molar-refractivity contribution in [1.82, 2.24) is 19.7 Å². The summed E-state index contributed by atoms with van der Waals surface area (Å²) in [5.41, 5.74) is 5.83. The minimum absolute atomic E-state index is 0.134. The van der Waals surface area contributed by atoms with Crippen molar-refractivity contribution in [2.75, 3.05) is 0 Å². The van der Waals surface area contributed by atoms with Gasteiger partial charge in [0, 0.05) is 12.3 Å². The number of nitrogens with zero attached hydrogens (tertiary/aromatic N) is 3. The first-order chi connectivity index (χ1) is 11.1. The third-order valence-corrected chi connectivity index (χ3v) is 4.40. The average molecular weight is 334 g/mol. The van der Waals surface area contributed by atoms with Gasteiger partial charge in [0.25, 0.3) is 5.56 Å². The van der Waals surface area contributed by atoms with Crippen LogP contribution in [0.1, 0.15) is 24.7 Å². The number of halogens is 2. The summed E-state index contributed by atoms with van der Waals surface area (Å²) in [6.45, 7) is 0. The third kappa shape index (κ3) is 2.24. The van der Waals surface area contributed by atoms with Gasteiger partial charge in [-0.1, -0.05) is 11.6 Å². The van der Waals surface area contributed by atoms with E-state index in [1.807, 2.05) is 0 Å². The number of benzene rings is 1. The van der Waals surface area contributed by atoms with Crippen LogP contribution in [-0.4, -0.2) is 19.7 Å². The summed E-state index contributed by atoms with van der Waals surface area (Å²) in [5.74, 6) is 0.272. The van der Waals surface area contributed by atoms with Gasteiger partial charge in [-0.05, 0) is 30.9 Å². The highest BCUT2D eigenvalue weighted by Crippen LogP contribution is 2.39. The average Bonchev–Trinajstić information content (AvgIpc) is 3.25. The molecule has 1 atom stereocenters. The Hall–Kier alpha value is -2.25. The summed E-state index contributed by atoms with van der Waals surface area (Å²) in [6, 6.07) is 3.73. The van der Waals surface area contributed by atoms with Gasteiger partial charge in [0.2, 0.25) is 0 Å². The fraction of sp³-hybridized carbons (Fsp3) is 0.267. The van der Waals surface area contributed by atoms with E-state index < -0.39 is 17.4 Å². The first-order valence-electron chi connectivity index (χ1n) is 7.24. The lowest BCUT2D eigenvalue weighted by atomic mass is 10.1. The first-order valence-corrected chi connectivity index (χ1v) is 7.62. The van der Waals surface area contributed by atoms with Gasteiger partial charge in [0.05, 0.1) is 16.6 Å². The molecule has 3 aromatic rings. The normalized spacial score (nSPS) is 16.0. The van der Waals surface area contributed by atoms with E-state index >= 15 is 0 Å². The molecule has 23 heavy (non-hydrogen) atoms. The molecule has 0 saturated heterocycles. The molecule has 0 amide bonds. The Labute approximate surface area is 135 Å². The van der Waals surface area contributed by atoms with Crippen LogP contribution in [-0.2, 0) is 0 Å². The highest BCUT2D eigenvalue weighted by molar-refractivity contribution is 6.35. The molecular weight excluding hydrogens is 321 g/mol. The zero-order chi connectivity index (χ0) is 16.1. The van der Waals surface area contributed by atoms with Crippen molar-refractivity contribution in [3.05, 3.63) is 51.4 Å². The zero-order valence-electron chi connectivity index (χ0n) is 12.0. The van der Waals surface area contributed by atoms with E-state index in [-0.39, 0.29) is 21.8 Å². The number of hydrogen-bond donors (Lipinski definition) is 2. The summed E-state index contributed by atoms with van der Waals surface area (Å²) in [4.78, 5) is 17.3. The van der Waals surface area contributed by atoms with Crippen LogP contribution in [0, 0.1) is 11.7 Å². The number of aromatic amines is 1. The number of rotatable bonds is 3. The van der Waals surface area contributed by atoms with Crippen LogP contribution in [0.15, 0.2) is 29.2 Å². The lowest BCUT2D eigenvalue weighted by molar-refractivity contribution is 0.569. The SMILES string of the molecule is N[C@H](c1nc2c(Cl)ccc(F)c2c(=O)n1-c1cc[nH]n1)C1CC1. The van der Waals surface area contributed by atoms with Gasteiger partial charge in [-0.2, -0.15) is 5.10 Å². The van der Waals surface area contributed by atoms with Gasteiger partial charge in [0.1, 0.15) is 17.0 Å². The standard InChI is InChI=1S/C15H13ClFN5O/c16-8-3-4-9(17)11-13(8)20-14(12(18)7-1-2-7)22(15(11)23)10-5-6-19-21-10/h3-7,12H,1-2,18H2,(H,19,21)/t12-/m0/s1. The molecule has 6 nitrogen and oxygen atoms in total. The first kappa shape index (κ1) is 14.3. The molecule has 2 aromatic heterocycles. The predicted octanol–water partition coefficient (Wildman–Crippen LogP) is 2.31. The van der Waals surface area contributed by atoms with E-state index in [1.54, 1.807) is 12.3 Å². The van der Waals surface area contributed by atoms with Crippen molar-refractivity contribution in [2.24, 2.45) is 11.7 Å². The summed E-state index contributed by atoms with van der Waals surface area (Å²) in [7, 11) is 0. The minimum atomic E-state index is -0.669. The number of hydrogen-bond acceptors (Lipinski definition) is 4.